The Bertz CT molecular complexity index is 1170. The maximum Gasteiger partial charge on any atom is 0.407 e. The van der Waals surface area contributed by atoms with Crippen LogP contribution in [0.2, 0.25) is 0 Å². The van der Waals surface area contributed by atoms with Crippen LogP contribution in [0.4, 0.5) is 4.79 Å². The van der Waals surface area contributed by atoms with Gasteiger partial charge in [-0.2, -0.15) is 0 Å². The van der Waals surface area contributed by atoms with Crippen molar-refractivity contribution in [3.05, 3.63) is 59.7 Å². The molecular formula is C27H28N2O6. The molecule has 0 aromatic heterocycles. The van der Waals surface area contributed by atoms with Crippen LogP contribution in [0.1, 0.15) is 42.7 Å². The first kappa shape index (κ1) is 22.1. The number of ether oxygens (including phenoxy) is 1. The number of rotatable bonds is 5. The number of amides is 2. The molecule has 8 heteroatoms. The molecule has 5 atom stereocenters. The number of fused-ring (bicyclic) bond motifs is 4. The lowest BCUT2D eigenvalue weighted by Gasteiger charge is -2.26. The van der Waals surface area contributed by atoms with Gasteiger partial charge in [-0.1, -0.05) is 48.5 Å². The molecule has 35 heavy (non-hydrogen) atoms. The summed E-state index contributed by atoms with van der Waals surface area (Å²) >= 11 is 0. The second-order valence-electron chi connectivity index (χ2n) is 10.4. The summed E-state index contributed by atoms with van der Waals surface area (Å²) in [6.45, 7) is 0.279. The minimum Gasteiger partial charge on any atom is -0.480 e. The Morgan fingerprint density at radius 3 is 2.31 bits per heavy atom. The molecule has 0 unspecified atom stereocenters. The smallest absolute Gasteiger partial charge is 0.407 e. The summed E-state index contributed by atoms with van der Waals surface area (Å²) < 4.78 is 5.65. The highest BCUT2D eigenvalue weighted by molar-refractivity contribution is 5.91. The van der Waals surface area contributed by atoms with Crippen LogP contribution in [-0.4, -0.2) is 64.4 Å². The first-order chi connectivity index (χ1) is 16.9. The monoisotopic (exact) mass is 476 g/mol. The van der Waals surface area contributed by atoms with Gasteiger partial charge in [0.25, 0.3) is 0 Å². The quantitative estimate of drug-likeness (QED) is 0.611. The molecule has 6 rings (SSSR count). The summed E-state index contributed by atoms with van der Waals surface area (Å²) in [6.07, 6.45) is 0.589. The molecule has 1 aliphatic heterocycles. The predicted molar refractivity (Wildman–Crippen MR) is 126 cm³/mol. The number of aliphatic hydroxyl groups excluding tert-OH is 1. The largest absolute Gasteiger partial charge is 0.480 e. The number of alkyl carbamates (subject to hydrolysis) is 1. The van der Waals surface area contributed by atoms with Crippen LogP contribution in [-0.2, 0) is 14.3 Å². The maximum absolute atomic E-state index is 13.2. The molecule has 2 aromatic rings. The molecule has 2 saturated carbocycles. The van der Waals surface area contributed by atoms with Crippen molar-refractivity contribution in [3.63, 3.8) is 0 Å². The van der Waals surface area contributed by atoms with E-state index in [9.17, 15) is 24.6 Å². The number of hydrogen-bond donors (Lipinski definition) is 3. The second-order valence-corrected chi connectivity index (χ2v) is 10.4. The van der Waals surface area contributed by atoms with Crippen molar-refractivity contribution in [1.29, 1.82) is 0 Å². The number of carbonyl (C=O) groups is 3. The van der Waals surface area contributed by atoms with Gasteiger partial charge in [-0.25, -0.2) is 9.59 Å². The first-order valence-electron chi connectivity index (χ1n) is 12.2. The number of carboxylic acid groups (broad SMARTS) is 1. The number of hydrogen-bond acceptors (Lipinski definition) is 5. The van der Waals surface area contributed by atoms with Crippen LogP contribution in [0.5, 0.6) is 0 Å². The molecule has 0 bridgehead atoms. The number of nitrogens with zero attached hydrogens (tertiary/aromatic N) is 1. The number of likely N-dealkylation sites (tertiary alicyclic amines) is 1. The fraction of sp³-hybridized carbons (Fsp3) is 0.444. The van der Waals surface area contributed by atoms with Gasteiger partial charge in [0.1, 0.15) is 12.6 Å². The van der Waals surface area contributed by atoms with Gasteiger partial charge in [0.2, 0.25) is 5.91 Å². The predicted octanol–water partition coefficient (Wildman–Crippen LogP) is 2.74. The number of carbonyl (C=O) groups excluding carboxylic acids is 2. The molecule has 182 valence electrons. The van der Waals surface area contributed by atoms with Gasteiger partial charge in [0, 0.05) is 24.9 Å². The number of β-amino-alcohol motifs (C(OH)–C–C–N with tert-alkyl or cyclic N) is 1. The number of benzene rings is 2. The molecule has 3 aliphatic carbocycles. The molecule has 2 amide bonds. The Hall–Kier alpha value is -3.39. The molecule has 1 heterocycles. The SMILES string of the molecule is O=C(N[C@H]1C[C@@H]2C[C@]2(C(=O)N2C[C@H](O)C[C@H]2C(=O)O)C1)OCC1c2ccccc2-c2ccccc21. The van der Waals surface area contributed by atoms with Crippen molar-refractivity contribution in [3.8, 4) is 11.1 Å². The highest BCUT2D eigenvalue weighted by Crippen LogP contribution is 2.64. The summed E-state index contributed by atoms with van der Waals surface area (Å²) in [5.74, 6) is -1.19. The van der Waals surface area contributed by atoms with Gasteiger partial charge in [0.05, 0.1) is 11.5 Å². The summed E-state index contributed by atoms with van der Waals surface area (Å²) in [4.78, 5) is 38.8. The van der Waals surface area contributed by atoms with Crippen LogP contribution in [0.3, 0.4) is 0 Å². The van der Waals surface area contributed by atoms with Crippen LogP contribution < -0.4 is 5.32 Å². The van der Waals surface area contributed by atoms with Crippen LogP contribution in [0.15, 0.2) is 48.5 Å². The topological polar surface area (TPSA) is 116 Å². The highest BCUT2D eigenvalue weighted by atomic mass is 16.5. The summed E-state index contributed by atoms with van der Waals surface area (Å²) in [5, 5.41) is 22.3. The van der Waals surface area contributed by atoms with Gasteiger partial charge in [-0.15, -0.1) is 0 Å². The lowest BCUT2D eigenvalue weighted by molar-refractivity contribution is -0.150. The Morgan fingerprint density at radius 1 is 1.00 bits per heavy atom. The van der Waals surface area contributed by atoms with E-state index in [2.05, 4.69) is 29.6 Å². The summed E-state index contributed by atoms with van der Waals surface area (Å²) in [5.41, 5.74) is 4.00. The van der Waals surface area contributed by atoms with E-state index in [1.807, 2.05) is 24.3 Å². The van der Waals surface area contributed by atoms with E-state index < -0.39 is 29.6 Å². The van der Waals surface area contributed by atoms with E-state index in [-0.39, 0.29) is 43.4 Å². The lowest BCUT2D eigenvalue weighted by Crippen LogP contribution is -2.45. The average molecular weight is 477 g/mol. The molecule has 2 aromatic carbocycles. The summed E-state index contributed by atoms with van der Waals surface area (Å²) in [6, 6.07) is 15.1. The highest BCUT2D eigenvalue weighted by Gasteiger charge is 2.67. The number of nitrogens with one attached hydrogen (secondary N) is 1. The summed E-state index contributed by atoms with van der Waals surface area (Å²) in [7, 11) is 0. The average Bonchev–Trinajstić information content (AvgIpc) is 3.13. The van der Waals surface area contributed by atoms with Crippen LogP contribution in [0.25, 0.3) is 11.1 Å². The standard InChI is InChI=1S/C27H28N2O6/c30-17-10-23(24(31)32)29(13-17)25(33)27-11-15(27)9-16(12-27)28-26(34)35-14-22-20-7-3-1-5-18(20)19-6-2-4-8-21(19)22/h1-8,15-17,22-23,30H,9-14H2,(H,28,34)(H,31,32)/t15-,16+,17-,23+,27+/m1/s1. The van der Waals surface area contributed by atoms with E-state index in [1.54, 1.807) is 0 Å². The van der Waals surface area contributed by atoms with Crippen LogP contribution >= 0.6 is 0 Å². The zero-order valence-electron chi connectivity index (χ0n) is 19.2. The Kier molecular flexibility index (Phi) is 5.11. The minimum absolute atomic E-state index is 0.0207. The first-order valence-corrected chi connectivity index (χ1v) is 12.2. The van der Waals surface area contributed by atoms with E-state index in [0.29, 0.717) is 19.3 Å². The van der Waals surface area contributed by atoms with E-state index >= 15 is 0 Å². The fourth-order valence-electron chi connectivity index (χ4n) is 6.63. The Labute approximate surface area is 202 Å². The molecule has 3 fully saturated rings. The van der Waals surface area contributed by atoms with E-state index in [4.69, 9.17) is 4.74 Å². The van der Waals surface area contributed by atoms with Gasteiger partial charge < -0.3 is 25.2 Å². The lowest BCUT2D eigenvalue weighted by atomic mass is 9.98. The van der Waals surface area contributed by atoms with Crippen molar-refractivity contribution < 1.29 is 29.3 Å². The number of aliphatic carboxylic acids is 1. The third-order valence-corrected chi connectivity index (χ3v) is 8.33. The molecule has 1 saturated heterocycles. The Morgan fingerprint density at radius 2 is 1.66 bits per heavy atom. The van der Waals surface area contributed by atoms with E-state index in [1.165, 1.54) is 16.0 Å². The van der Waals surface area contributed by atoms with Gasteiger partial charge >= 0.3 is 12.1 Å². The third-order valence-electron chi connectivity index (χ3n) is 8.33. The van der Waals surface area contributed by atoms with Gasteiger partial charge in [-0.3, -0.25) is 4.79 Å². The fourth-order valence-corrected chi connectivity index (χ4v) is 6.63. The van der Waals surface area contributed by atoms with Crippen molar-refractivity contribution in [1.82, 2.24) is 10.2 Å². The normalized spacial score (nSPS) is 30.4. The van der Waals surface area contributed by atoms with Crippen molar-refractivity contribution >= 4 is 18.0 Å². The molecule has 8 nitrogen and oxygen atoms in total. The van der Waals surface area contributed by atoms with Crippen LogP contribution in [0, 0.1) is 11.3 Å². The molecule has 0 radical (unpaired) electrons. The number of aliphatic hydroxyl groups is 1. The molecule has 4 aliphatic rings. The molecular weight excluding hydrogens is 448 g/mol. The van der Waals surface area contributed by atoms with Crippen molar-refractivity contribution in [2.75, 3.05) is 13.2 Å². The minimum atomic E-state index is -1.09. The maximum atomic E-state index is 13.2. The zero-order valence-corrected chi connectivity index (χ0v) is 19.2. The second kappa shape index (κ2) is 8.09. The number of carboxylic acids is 1. The van der Waals surface area contributed by atoms with E-state index in [0.717, 1.165) is 11.1 Å². The zero-order chi connectivity index (χ0) is 24.3. The van der Waals surface area contributed by atoms with Gasteiger partial charge in [0.15, 0.2) is 0 Å². The molecule has 3 N–H and O–H groups in total. The molecule has 0 spiro atoms. The van der Waals surface area contributed by atoms with Crippen molar-refractivity contribution in [2.45, 2.75) is 49.8 Å². The van der Waals surface area contributed by atoms with Gasteiger partial charge in [-0.05, 0) is 47.4 Å². The third kappa shape index (κ3) is 3.58. The van der Waals surface area contributed by atoms with Crippen molar-refractivity contribution in [2.24, 2.45) is 11.3 Å². The Balaban J connectivity index is 1.08.